The van der Waals surface area contributed by atoms with Crippen molar-refractivity contribution in [1.29, 1.82) is 0 Å². The van der Waals surface area contributed by atoms with E-state index in [1.807, 2.05) is 17.1 Å². The minimum atomic E-state index is 0.342. The Bertz CT molecular complexity index is 485. The summed E-state index contributed by atoms with van der Waals surface area (Å²) in [4.78, 5) is 4.45. The summed E-state index contributed by atoms with van der Waals surface area (Å²) in [6.07, 6.45) is 3.73. The first-order chi connectivity index (χ1) is 7.58. The second-order valence-electron chi connectivity index (χ2n) is 4.62. The van der Waals surface area contributed by atoms with E-state index in [2.05, 4.69) is 49.2 Å². The van der Waals surface area contributed by atoms with Crippen LogP contribution >= 0.6 is 0 Å². The molecule has 0 atom stereocenters. The van der Waals surface area contributed by atoms with Gasteiger partial charge in [-0.15, -0.1) is 0 Å². The second-order valence-corrected chi connectivity index (χ2v) is 4.62. The molecule has 86 valence electrons. The van der Waals surface area contributed by atoms with Crippen LogP contribution in [0.1, 0.15) is 33.7 Å². The number of fused-ring (bicyclic) bond motifs is 1. The van der Waals surface area contributed by atoms with E-state index in [-0.39, 0.29) is 0 Å². The van der Waals surface area contributed by atoms with E-state index < -0.39 is 0 Å². The van der Waals surface area contributed by atoms with E-state index in [1.54, 1.807) is 0 Å². The van der Waals surface area contributed by atoms with E-state index in [9.17, 15) is 0 Å². The number of anilines is 1. The molecular formula is C12H18N4. The summed E-state index contributed by atoms with van der Waals surface area (Å²) in [5, 5.41) is 8.76. The van der Waals surface area contributed by atoms with Crippen LogP contribution in [0, 0.1) is 0 Å². The van der Waals surface area contributed by atoms with Crippen LogP contribution in [0.25, 0.3) is 11.0 Å². The third kappa shape index (κ3) is 2.01. The van der Waals surface area contributed by atoms with Gasteiger partial charge in [0.05, 0.1) is 18.1 Å². The lowest BCUT2D eigenvalue weighted by Gasteiger charge is -2.10. The van der Waals surface area contributed by atoms with Crippen LogP contribution in [0.15, 0.2) is 18.5 Å². The molecule has 0 unspecified atom stereocenters. The molecule has 4 heteroatoms. The first kappa shape index (κ1) is 10.9. The number of rotatable bonds is 3. The molecule has 0 bridgehead atoms. The van der Waals surface area contributed by atoms with E-state index >= 15 is 0 Å². The highest BCUT2D eigenvalue weighted by atomic mass is 15.3. The average Bonchev–Trinajstić information content (AvgIpc) is 2.59. The third-order valence-electron chi connectivity index (χ3n) is 2.38. The summed E-state index contributed by atoms with van der Waals surface area (Å²) < 4.78 is 1.94. The van der Waals surface area contributed by atoms with Gasteiger partial charge in [0, 0.05) is 17.5 Å². The standard InChI is InChI=1S/C12H18N4/c1-8(2)15-11-5-10-6-14-16(9(3)4)12(10)13-7-11/h5-9,15H,1-4H3. The van der Waals surface area contributed by atoms with Gasteiger partial charge >= 0.3 is 0 Å². The zero-order valence-electron chi connectivity index (χ0n) is 10.2. The first-order valence-electron chi connectivity index (χ1n) is 5.67. The van der Waals surface area contributed by atoms with Gasteiger partial charge in [-0.3, -0.25) is 0 Å². The monoisotopic (exact) mass is 218 g/mol. The molecule has 1 N–H and O–H groups in total. The Morgan fingerprint density at radius 1 is 1.19 bits per heavy atom. The Morgan fingerprint density at radius 2 is 1.94 bits per heavy atom. The molecule has 0 saturated carbocycles. The summed E-state index contributed by atoms with van der Waals surface area (Å²) in [7, 11) is 0. The molecule has 2 aromatic rings. The number of hydrogen-bond acceptors (Lipinski definition) is 3. The Labute approximate surface area is 95.7 Å². The van der Waals surface area contributed by atoms with Gasteiger partial charge in [-0.25, -0.2) is 9.67 Å². The summed E-state index contributed by atoms with van der Waals surface area (Å²) in [5.74, 6) is 0. The van der Waals surface area contributed by atoms with Crippen molar-refractivity contribution in [3.63, 3.8) is 0 Å². The van der Waals surface area contributed by atoms with Crippen LogP contribution in [-0.4, -0.2) is 20.8 Å². The van der Waals surface area contributed by atoms with Crippen molar-refractivity contribution >= 4 is 16.7 Å². The first-order valence-corrected chi connectivity index (χ1v) is 5.67. The number of nitrogens with zero attached hydrogens (tertiary/aromatic N) is 3. The molecule has 0 radical (unpaired) electrons. The van der Waals surface area contributed by atoms with E-state index in [4.69, 9.17) is 0 Å². The predicted octanol–water partition coefficient (Wildman–Crippen LogP) is 2.83. The highest BCUT2D eigenvalue weighted by molar-refractivity contribution is 5.78. The molecule has 0 spiro atoms. The Morgan fingerprint density at radius 3 is 2.56 bits per heavy atom. The molecule has 0 aliphatic heterocycles. The molecule has 16 heavy (non-hydrogen) atoms. The van der Waals surface area contributed by atoms with Gasteiger partial charge in [0.2, 0.25) is 0 Å². The van der Waals surface area contributed by atoms with E-state index in [0.717, 1.165) is 16.7 Å². The molecule has 0 saturated heterocycles. The second kappa shape index (κ2) is 4.12. The van der Waals surface area contributed by atoms with E-state index in [1.165, 1.54) is 0 Å². The summed E-state index contributed by atoms with van der Waals surface area (Å²) in [5.41, 5.74) is 2.00. The van der Waals surface area contributed by atoms with Gasteiger partial charge in [-0.2, -0.15) is 5.10 Å². The fourth-order valence-corrected chi connectivity index (χ4v) is 1.73. The minimum absolute atomic E-state index is 0.342. The van der Waals surface area contributed by atoms with Gasteiger partial charge < -0.3 is 5.32 Å². The number of aromatic nitrogens is 3. The molecule has 0 aromatic carbocycles. The topological polar surface area (TPSA) is 42.7 Å². The fraction of sp³-hybridized carbons (Fsp3) is 0.500. The van der Waals surface area contributed by atoms with Gasteiger partial charge in [0.1, 0.15) is 0 Å². The van der Waals surface area contributed by atoms with Crippen molar-refractivity contribution in [1.82, 2.24) is 14.8 Å². The largest absolute Gasteiger partial charge is 0.382 e. The molecular weight excluding hydrogens is 200 g/mol. The molecule has 0 aliphatic carbocycles. The maximum absolute atomic E-state index is 4.45. The summed E-state index contributed by atoms with van der Waals surface area (Å²) in [6.45, 7) is 8.44. The highest BCUT2D eigenvalue weighted by Crippen LogP contribution is 2.19. The van der Waals surface area contributed by atoms with Crippen molar-refractivity contribution in [3.8, 4) is 0 Å². The summed E-state index contributed by atoms with van der Waals surface area (Å²) >= 11 is 0. The predicted molar refractivity (Wildman–Crippen MR) is 66.7 cm³/mol. The Hall–Kier alpha value is -1.58. The van der Waals surface area contributed by atoms with Crippen LogP contribution in [0.3, 0.4) is 0 Å². The molecule has 0 aliphatic rings. The SMILES string of the molecule is CC(C)Nc1cnc2c(cnn2C(C)C)c1. The van der Waals surface area contributed by atoms with Crippen LogP contribution in [0.4, 0.5) is 5.69 Å². The zero-order chi connectivity index (χ0) is 11.7. The third-order valence-corrected chi connectivity index (χ3v) is 2.38. The maximum atomic E-state index is 4.45. The summed E-state index contributed by atoms with van der Waals surface area (Å²) in [6, 6.07) is 2.85. The van der Waals surface area contributed by atoms with Crippen molar-refractivity contribution < 1.29 is 0 Å². The van der Waals surface area contributed by atoms with Gasteiger partial charge in [0.15, 0.2) is 5.65 Å². The van der Waals surface area contributed by atoms with Crippen LogP contribution < -0.4 is 5.32 Å². The molecule has 0 fully saturated rings. The van der Waals surface area contributed by atoms with Gasteiger partial charge in [0.25, 0.3) is 0 Å². The van der Waals surface area contributed by atoms with Crippen molar-refractivity contribution in [3.05, 3.63) is 18.5 Å². The lowest BCUT2D eigenvalue weighted by molar-refractivity contribution is 0.546. The normalized spacial score (nSPS) is 11.6. The fourth-order valence-electron chi connectivity index (χ4n) is 1.73. The smallest absolute Gasteiger partial charge is 0.158 e. The van der Waals surface area contributed by atoms with Crippen LogP contribution in [0.5, 0.6) is 0 Å². The lowest BCUT2D eigenvalue weighted by atomic mass is 10.3. The molecule has 4 nitrogen and oxygen atoms in total. The van der Waals surface area contributed by atoms with Crippen LogP contribution in [-0.2, 0) is 0 Å². The average molecular weight is 218 g/mol. The number of pyridine rings is 1. The minimum Gasteiger partial charge on any atom is -0.382 e. The van der Waals surface area contributed by atoms with E-state index in [0.29, 0.717) is 12.1 Å². The van der Waals surface area contributed by atoms with Gasteiger partial charge in [-0.1, -0.05) is 0 Å². The maximum Gasteiger partial charge on any atom is 0.158 e. The zero-order valence-corrected chi connectivity index (χ0v) is 10.2. The molecule has 0 amide bonds. The van der Waals surface area contributed by atoms with Crippen molar-refractivity contribution in [2.75, 3.05) is 5.32 Å². The van der Waals surface area contributed by atoms with Crippen molar-refractivity contribution in [2.45, 2.75) is 39.8 Å². The Kier molecular flexibility index (Phi) is 2.81. The number of nitrogens with one attached hydrogen (secondary N) is 1. The quantitative estimate of drug-likeness (QED) is 0.861. The molecule has 2 heterocycles. The van der Waals surface area contributed by atoms with Crippen LogP contribution in [0.2, 0.25) is 0 Å². The Balaban J connectivity index is 2.41. The molecule has 2 rings (SSSR count). The van der Waals surface area contributed by atoms with Crippen molar-refractivity contribution in [2.24, 2.45) is 0 Å². The number of hydrogen-bond donors (Lipinski definition) is 1. The molecule has 2 aromatic heterocycles. The van der Waals surface area contributed by atoms with Gasteiger partial charge in [-0.05, 0) is 33.8 Å². The highest BCUT2D eigenvalue weighted by Gasteiger charge is 2.07. The lowest BCUT2D eigenvalue weighted by Crippen LogP contribution is -2.10.